The van der Waals surface area contributed by atoms with Crippen molar-refractivity contribution >= 4 is 12.7 Å². The molecule has 0 saturated carbocycles. The molecule has 1 rings (SSSR count). The number of ether oxygens (including phenoxy) is 1. The summed E-state index contributed by atoms with van der Waals surface area (Å²) >= 11 is 0. The molecule has 0 aliphatic heterocycles. The van der Waals surface area contributed by atoms with Crippen LogP contribution in [0.15, 0.2) is 60.3 Å². The highest BCUT2D eigenvalue weighted by molar-refractivity contribution is 5.85. The van der Waals surface area contributed by atoms with E-state index in [0.29, 0.717) is 12.3 Å². The van der Waals surface area contributed by atoms with E-state index < -0.39 is 5.92 Å². The number of allylic oxidation sites excluding steroid dienone is 3. The first-order chi connectivity index (χ1) is 19.8. The van der Waals surface area contributed by atoms with E-state index in [1.54, 1.807) is 0 Å². The van der Waals surface area contributed by atoms with Crippen molar-refractivity contribution < 1.29 is 19.4 Å². The third kappa shape index (κ3) is 19.1. The number of carbonyl (C=O) groups is 2. The molecule has 0 heterocycles. The molecule has 0 saturated heterocycles. The molecule has 0 aliphatic carbocycles. The van der Waals surface area contributed by atoms with Gasteiger partial charge in [0.15, 0.2) is 0 Å². The third-order valence-corrected chi connectivity index (χ3v) is 6.96. The molecule has 3 N–H and O–H groups in total. The van der Waals surface area contributed by atoms with Crippen LogP contribution in [-0.2, 0) is 9.59 Å². The minimum atomic E-state index is -0.438. The Hall–Kier alpha value is -2.70. The first-order valence-corrected chi connectivity index (χ1v) is 15.4. The van der Waals surface area contributed by atoms with Crippen LogP contribution < -0.4 is 10.6 Å². The summed E-state index contributed by atoms with van der Waals surface area (Å²) in [6, 6.07) is 7.75. The molecule has 0 bridgehead atoms. The molecule has 1 aromatic rings. The van der Waals surface area contributed by atoms with Crippen LogP contribution in [0.3, 0.4) is 0 Å². The lowest BCUT2D eigenvalue weighted by Gasteiger charge is -2.24. The normalized spacial score (nSPS) is 11.3. The highest BCUT2D eigenvalue weighted by Crippen LogP contribution is 2.29. The van der Waals surface area contributed by atoms with E-state index in [-0.39, 0.29) is 5.91 Å². The topological polar surface area (TPSA) is 92.9 Å². The van der Waals surface area contributed by atoms with Crippen molar-refractivity contribution in [2.45, 2.75) is 124 Å². The Balaban J connectivity index is 0. The van der Waals surface area contributed by atoms with Crippen molar-refractivity contribution in [2.75, 3.05) is 13.7 Å². The van der Waals surface area contributed by atoms with Crippen LogP contribution in [-0.4, -0.2) is 36.5 Å². The summed E-state index contributed by atoms with van der Waals surface area (Å²) < 4.78 is 6.10. The van der Waals surface area contributed by atoms with E-state index in [1.807, 2.05) is 57.9 Å². The monoisotopic (exact) mass is 572 g/mol. The molecule has 1 atom stereocenters. The molecule has 6 heteroatoms. The lowest BCUT2D eigenvalue weighted by atomic mass is 9.98. The molecule has 0 aromatic heterocycles. The Labute approximate surface area is 251 Å². The average molecular weight is 573 g/mol. The van der Waals surface area contributed by atoms with E-state index in [0.717, 1.165) is 41.0 Å². The fourth-order valence-electron chi connectivity index (χ4n) is 4.57. The van der Waals surface area contributed by atoms with Crippen LogP contribution in [0.4, 0.5) is 0 Å². The Morgan fingerprint density at radius 1 is 0.878 bits per heavy atom. The summed E-state index contributed by atoms with van der Waals surface area (Å²) in [5.41, 5.74) is 3.02. The summed E-state index contributed by atoms with van der Waals surface area (Å²) in [4.78, 5) is 21.1. The largest absolute Gasteiger partial charge is 0.493 e. The number of aliphatic hydroxyl groups excluding tert-OH is 1. The number of nitrogens with two attached hydrogens (primary N) is 1. The Morgan fingerprint density at radius 2 is 1.32 bits per heavy atom. The van der Waals surface area contributed by atoms with Crippen molar-refractivity contribution in [1.29, 1.82) is 0 Å². The summed E-state index contributed by atoms with van der Waals surface area (Å²) in [5.74, 6) is 6.24. The zero-order chi connectivity index (χ0) is 31.5. The van der Waals surface area contributed by atoms with E-state index in [4.69, 9.17) is 20.5 Å². The maximum atomic E-state index is 13.1. The Kier molecular flexibility index (Phi) is 27.1. The predicted molar refractivity (Wildman–Crippen MR) is 175 cm³/mol. The quantitative estimate of drug-likeness (QED) is 0.0505. The highest BCUT2D eigenvalue weighted by atomic mass is 16.5. The van der Waals surface area contributed by atoms with Gasteiger partial charge in [0.2, 0.25) is 5.91 Å². The first-order valence-electron chi connectivity index (χ1n) is 15.4. The number of hydrogen-bond donors (Lipinski definition) is 2. The molecule has 1 aromatic carbocycles. The number of para-hydroxylation sites is 1. The van der Waals surface area contributed by atoms with Gasteiger partial charge in [-0.3, -0.25) is 4.79 Å². The van der Waals surface area contributed by atoms with E-state index >= 15 is 0 Å². The number of benzene rings is 1. The maximum absolute atomic E-state index is 13.1. The molecule has 0 fully saturated rings. The SMILES string of the molecule is C=C(C)/C=C(/C)C(=C)N(N)C(=O)C(C)c1ccccc1OCCCCCCCCCCCCCCCC.C=O.CO. The fraction of sp³-hybridized carbons (Fsp3) is 0.600. The van der Waals surface area contributed by atoms with E-state index in [2.05, 4.69) is 20.1 Å². The van der Waals surface area contributed by atoms with Crippen LogP contribution in [0.25, 0.3) is 0 Å². The number of amides is 1. The number of unbranched alkanes of at least 4 members (excludes halogenated alkanes) is 13. The number of nitrogens with zero attached hydrogens (tertiary/aromatic N) is 1. The predicted octanol–water partition coefficient (Wildman–Crippen LogP) is 8.81. The van der Waals surface area contributed by atoms with E-state index in [9.17, 15) is 4.79 Å². The summed E-state index contributed by atoms with van der Waals surface area (Å²) in [6.07, 6.45) is 20.6. The van der Waals surface area contributed by atoms with Crippen LogP contribution in [0.1, 0.15) is 129 Å². The standard InChI is InChI=1S/C33H54N2O2.CH4O.CH2O/c1-7-8-9-10-11-12-13-14-15-16-17-18-19-22-25-37-32-24-21-20-23-31(32)29(5)33(36)35(34)30(6)28(4)26-27(2)3;2*1-2/h20-21,23-24,26,29H,2,6-19,22,25,34H2,1,3-5H3;2H,1H3;1H2/b28-26-;;. The number of aliphatic hydroxyl groups is 1. The van der Waals surface area contributed by atoms with Crippen LogP contribution >= 0.6 is 0 Å². The number of hydrazine groups is 1. The zero-order valence-corrected chi connectivity index (χ0v) is 26.9. The molecule has 1 amide bonds. The van der Waals surface area contributed by atoms with Gasteiger partial charge in [-0.1, -0.05) is 133 Å². The van der Waals surface area contributed by atoms with E-state index in [1.165, 1.54) is 83.5 Å². The zero-order valence-electron chi connectivity index (χ0n) is 26.9. The van der Waals surface area contributed by atoms with Crippen molar-refractivity contribution in [3.8, 4) is 5.75 Å². The lowest BCUT2D eigenvalue weighted by Crippen LogP contribution is -2.39. The van der Waals surface area contributed by atoms with Gasteiger partial charge in [-0.2, -0.15) is 0 Å². The molecular formula is C35H60N2O4. The van der Waals surface area contributed by atoms with Gasteiger partial charge in [0.1, 0.15) is 12.5 Å². The lowest BCUT2D eigenvalue weighted by molar-refractivity contribution is -0.130. The van der Waals surface area contributed by atoms with Gasteiger partial charge in [-0.05, 0) is 38.8 Å². The number of hydrogen-bond acceptors (Lipinski definition) is 5. The molecule has 234 valence electrons. The Bertz CT molecular complexity index is 865. The maximum Gasteiger partial charge on any atom is 0.248 e. The summed E-state index contributed by atoms with van der Waals surface area (Å²) in [7, 11) is 1.00. The van der Waals surface area contributed by atoms with Crippen molar-refractivity contribution in [2.24, 2.45) is 5.84 Å². The van der Waals surface area contributed by atoms with Crippen LogP contribution in [0, 0.1) is 0 Å². The van der Waals surface area contributed by atoms with Crippen LogP contribution in [0.2, 0.25) is 0 Å². The summed E-state index contributed by atoms with van der Waals surface area (Å²) in [5, 5.41) is 8.14. The van der Waals surface area contributed by atoms with Crippen molar-refractivity contribution in [1.82, 2.24) is 5.01 Å². The Morgan fingerprint density at radius 3 is 1.78 bits per heavy atom. The number of carbonyl (C=O) groups excluding carboxylic acids is 2. The second kappa shape index (κ2) is 27.5. The number of rotatable bonds is 21. The van der Waals surface area contributed by atoms with Gasteiger partial charge >= 0.3 is 0 Å². The van der Waals surface area contributed by atoms with Gasteiger partial charge in [0.05, 0.1) is 18.2 Å². The first kappa shape index (κ1) is 40.4. The molecule has 0 spiro atoms. The molecule has 6 nitrogen and oxygen atoms in total. The minimum absolute atomic E-state index is 0.216. The second-order valence-corrected chi connectivity index (χ2v) is 10.5. The molecule has 0 radical (unpaired) electrons. The fourth-order valence-corrected chi connectivity index (χ4v) is 4.57. The summed E-state index contributed by atoms with van der Waals surface area (Å²) in [6.45, 7) is 18.4. The van der Waals surface area contributed by atoms with Gasteiger partial charge in [0, 0.05) is 12.7 Å². The smallest absolute Gasteiger partial charge is 0.248 e. The van der Waals surface area contributed by atoms with Gasteiger partial charge in [-0.15, -0.1) is 0 Å². The van der Waals surface area contributed by atoms with Crippen molar-refractivity contribution in [3.05, 3.63) is 65.9 Å². The molecule has 41 heavy (non-hydrogen) atoms. The highest BCUT2D eigenvalue weighted by Gasteiger charge is 2.24. The molecule has 0 aliphatic rings. The second-order valence-electron chi connectivity index (χ2n) is 10.5. The van der Waals surface area contributed by atoms with Gasteiger partial charge in [0.25, 0.3) is 0 Å². The van der Waals surface area contributed by atoms with Gasteiger partial charge in [-0.25, -0.2) is 10.9 Å². The molecule has 1 unspecified atom stereocenters. The van der Waals surface area contributed by atoms with Crippen LogP contribution in [0.5, 0.6) is 5.75 Å². The van der Waals surface area contributed by atoms with Crippen molar-refractivity contribution in [3.63, 3.8) is 0 Å². The minimum Gasteiger partial charge on any atom is -0.493 e. The average Bonchev–Trinajstić information content (AvgIpc) is 2.99. The van der Waals surface area contributed by atoms with Gasteiger partial charge < -0.3 is 14.6 Å². The molecular weight excluding hydrogens is 512 g/mol. The third-order valence-electron chi connectivity index (χ3n) is 6.96.